The molecule has 0 spiro atoms. The van der Waals surface area contributed by atoms with E-state index in [0.29, 0.717) is 17.6 Å². The largest absolute Gasteiger partial charge is 0.309 e. The Morgan fingerprint density at radius 3 is 1.51 bits per heavy atom. The third-order valence-corrected chi connectivity index (χ3v) is 13.5. The van der Waals surface area contributed by atoms with Crippen molar-refractivity contribution in [3.8, 4) is 56.7 Å². The lowest BCUT2D eigenvalue weighted by molar-refractivity contribution is 0.954. The summed E-state index contributed by atoms with van der Waals surface area (Å²) in [7, 11) is 0. The fraction of sp³-hybridized carbons (Fsp3) is 0. The third kappa shape index (κ3) is 5.80. The van der Waals surface area contributed by atoms with E-state index in [4.69, 9.17) is 15.0 Å². The molecule has 294 valence electrons. The highest BCUT2D eigenvalue weighted by atomic mass is 32.1. The lowest BCUT2D eigenvalue weighted by Gasteiger charge is -2.12. The molecule has 4 aromatic heterocycles. The maximum Gasteiger partial charge on any atom is 0.238 e. The normalized spacial score (nSPS) is 11.8. The van der Waals surface area contributed by atoms with Crippen LogP contribution in [0, 0.1) is 0 Å². The van der Waals surface area contributed by atoms with Gasteiger partial charge in [0, 0.05) is 58.5 Å². The van der Waals surface area contributed by atoms with Gasteiger partial charge in [-0.25, -0.2) is 4.98 Å². The summed E-state index contributed by atoms with van der Waals surface area (Å²) in [6.07, 6.45) is 0. The average molecular weight is 822 g/mol. The van der Waals surface area contributed by atoms with Gasteiger partial charge in [-0.2, -0.15) is 9.97 Å². The molecule has 4 heterocycles. The molecule has 0 unspecified atom stereocenters. The summed E-state index contributed by atoms with van der Waals surface area (Å²) < 4.78 is 7.02. The monoisotopic (exact) mass is 821 g/mol. The van der Waals surface area contributed by atoms with E-state index in [1.807, 2.05) is 0 Å². The Balaban J connectivity index is 1.00. The number of hydrogen-bond donors (Lipinski definition) is 0. The minimum atomic E-state index is 0.575. The van der Waals surface area contributed by atoms with E-state index >= 15 is 0 Å². The molecule has 9 aromatic carbocycles. The zero-order valence-corrected chi connectivity index (χ0v) is 34.7. The van der Waals surface area contributed by atoms with Crippen molar-refractivity contribution in [1.29, 1.82) is 0 Å². The second kappa shape index (κ2) is 14.2. The fourth-order valence-corrected chi connectivity index (χ4v) is 10.6. The molecular formula is C57H35N5S. The molecule has 0 aliphatic carbocycles. The topological polar surface area (TPSA) is 48.5 Å². The van der Waals surface area contributed by atoms with E-state index in [2.05, 4.69) is 221 Å². The van der Waals surface area contributed by atoms with Crippen LogP contribution in [0.5, 0.6) is 0 Å². The first-order valence-corrected chi connectivity index (χ1v) is 22.0. The molecule has 0 aliphatic heterocycles. The number of fused-ring (bicyclic) bond motifs is 9. The van der Waals surface area contributed by atoms with E-state index in [9.17, 15) is 0 Å². The maximum atomic E-state index is 5.35. The highest BCUT2D eigenvalue weighted by Gasteiger charge is 2.20. The molecule has 6 heteroatoms. The second-order valence-corrected chi connectivity index (χ2v) is 17.1. The molecule has 0 saturated heterocycles. The summed E-state index contributed by atoms with van der Waals surface area (Å²) in [4.78, 5) is 16.0. The van der Waals surface area contributed by atoms with E-state index in [1.165, 1.54) is 53.1 Å². The molecule has 13 rings (SSSR count). The van der Waals surface area contributed by atoms with E-state index < -0.39 is 0 Å². The molecular weight excluding hydrogens is 787 g/mol. The standard InChI is InChI=1S/C57H35N5S/c1-3-14-36(15-4-1)38-27-31-52-48(33-38)44-21-8-11-24-50(44)62(52)57-59-55(58-56(60-57)41-26-29-46-45-22-9-12-25-53(45)63-54(46)35-41)40-17-13-16-37(32-40)39-28-30-51-47(34-39)43-20-7-10-23-49(43)61(51)42-18-5-2-6-19-42/h1-35H. The summed E-state index contributed by atoms with van der Waals surface area (Å²) in [6, 6.07) is 75.7. The van der Waals surface area contributed by atoms with Crippen molar-refractivity contribution in [3.63, 3.8) is 0 Å². The predicted octanol–water partition coefficient (Wildman–Crippen LogP) is 15.1. The Labute approximate surface area is 366 Å². The van der Waals surface area contributed by atoms with E-state index in [0.717, 1.165) is 49.7 Å². The van der Waals surface area contributed by atoms with Crippen molar-refractivity contribution in [3.05, 3.63) is 212 Å². The molecule has 0 bridgehead atoms. The number of aromatic nitrogens is 5. The van der Waals surface area contributed by atoms with Crippen molar-refractivity contribution in [1.82, 2.24) is 24.1 Å². The molecule has 5 nitrogen and oxygen atoms in total. The van der Waals surface area contributed by atoms with Crippen LogP contribution in [0.1, 0.15) is 0 Å². The van der Waals surface area contributed by atoms with Crippen molar-refractivity contribution in [2.75, 3.05) is 0 Å². The highest BCUT2D eigenvalue weighted by Crippen LogP contribution is 2.39. The molecule has 0 saturated carbocycles. The lowest BCUT2D eigenvalue weighted by Crippen LogP contribution is -2.06. The summed E-state index contributed by atoms with van der Waals surface area (Å²) >= 11 is 1.80. The van der Waals surface area contributed by atoms with Crippen molar-refractivity contribution in [2.45, 2.75) is 0 Å². The molecule has 0 amide bonds. The van der Waals surface area contributed by atoms with Crippen molar-refractivity contribution >= 4 is 75.1 Å². The van der Waals surface area contributed by atoms with Gasteiger partial charge in [0.25, 0.3) is 0 Å². The first-order chi connectivity index (χ1) is 31.2. The van der Waals surface area contributed by atoms with Gasteiger partial charge in [0.1, 0.15) is 0 Å². The summed E-state index contributed by atoms with van der Waals surface area (Å²) in [5, 5.41) is 7.22. The lowest BCUT2D eigenvalue weighted by atomic mass is 10.0. The van der Waals surface area contributed by atoms with Gasteiger partial charge in [-0.3, -0.25) is 4.57 Å². The van der Waals surface area contributed by atoms with Gasteiger partial charge in [-0.15, -0.1) is 11.3 Å². The zero-order valence-electron chi connectivity index (χ0n) is 33.9. The summed E-state index contributed by atoms with van der Waals surface area (Å²) in [5.41, 5.74) is 12.0. The predicted molar refractivity (Wildman–Crippen MR) is 263 cm³/mol. The second-order valence-electron chi connectivity index (χ2n) is 16.0. The van der Waals surface area contributed by atoms with Crippen LogP contribution in [0.4, 0.5) is 0 Å². The Morgan fingerprint density at radius 1 is 0.286 bits per heavy atom. The first-order valence-electron chi connectivity index (χ1n) is 21.2. The molecule has 0 atom stereocenters. The minimum Gasteiger partial charge on any atom is -0.309 e. The number of rotatable bonds is 6. The number of benzene rings is 9. The molecule has 13 aromatic rings. The fourth-order valence-electron chi connectivity index (χ4n) is 9.43. The quantitative estimate of drug-likeness (QED) is 0.168. The molecule has 0 fully saturated rings. The van der Waals surface area contributed by atoms with Crippen LogP contribution in [0.15, 0.2) is 212 Å². The van der Waals surface area contributed by atoms with Crippen molar-refractivity contribution < 1.29 is 0 Å². The van der Waals surface area contributed by atoms with E-state index in [-0.39, 0.29) is 0 Å². The Kier molecular flexibility index (Phi) is 8.01. The zero-order chi connectivity index (χ0) is 41.4. The number of nitrogens with zero attached hydrogens (tertiary/aromatic N) is 5. The van der Waals surface area contributed by atoms with Gasteiger partial charge in [-0.05, 0) is 89.0 Å². The van der Waals surface area contributed by atoms with Gasteiger partial charge in [0.15, 0.2) is 11.6 Å². The Bertz CT molecular complexity index is 3920. The van der Waals surface area contributed by atoms with Crippen LogP contribution in [0.25, 0.3) is 120 Å². The van der Waals surface area contributed by atoms with Gasteiger partial charge >= 0.3 is 0 Å². The highest BCUT2D eigenvalue weighted by molar-refractivity contribution is 7.25. The van der Waals surface area contributed by atoms with Crippen LogP contribution in [0.3, 0.4) is 0 Å². The SMILES string of the molecule is c1ccc(-c2ccc3c(c2)c2ccccc2n3-c2nc(-c3cccc(-c4ccc5c(c4)c4ccccc4n5-c4ccccc4)c3)nc(-c3ccc4c(c3)sc3ccccc34)n2)cc1. The summed E-state index contributed by atoms with van der Waals surface area (Å²) in [6.45, 7) is 0. The van der Waals surface area contributed by atoms with Gasteiger partial charge < -0.3 is 4.57 Å². The van der Waals surface area contributed by atoms with Gasteiger partial charge in [0.05, 0.1) is 22.1 Å². The number of hydrogen-bond acceptors (Lipinski definition) is 4. The van der Waals surface area contributed by atoms with Gasteiger partial charge in [0.2, 0.25) is 5.95 Å². The number of para-hydroxylation sites is 3. The Morgan fingerprint density at radius 2 is 0.778 bits per heavy atom. The van der Waals surface area contributed by atoms with Crippen LogP contribution in [0.2, 0.25) is 0 Å². The molecule has 63 heavy (non-hydrogen) atoms. The maximum absolute atomic E-state index is 5.35. The smallest absolute Gasteiger partial charge is 0.238 e. The minimum absolute atomic E-state index is 0.575. The molecule has 0 N–H and O–H groups in total. The average Bonchev–Trinajstić information content (AvgIpc) is 4.01. The Hall–Kier alpha value is -8.19. The van der Waals surface area contributed by atoms with Crippen LogP contribution in [-0.4, -0.2) is 24.1 Å². The number of thiophene rings is 1. The van der Waals surface area contributed by atoms with Gasteiger partial charge in [-0.1, -0.05) is 146 Å². The van der Waals surface area contributed by atoms with Crippen LogP contribution >= 0.6 is 11.3 Å². The van der Waals surface area contributed by atoms with Crippen LogP contribution < -0.4 is 0 Å². The van der Waals surface area contributed by atoms with Crippen LogP contribution in [-0.2, 0) is 0 Å². The summed E-state index contributed by atoms with van der Waals surface area (Å²) in [5.74, 6) is 1.81. The third-order valence-electron chi connectivity index (χ3n) is 12.4. The van der Waals surface area contributed by atoms with Crippen molar-refractivity contribution in [2.24, 2.45) is 0 Å². The first kappa shape index (κ1) is 35.6. The molecule has 0 radical (unpaired) electrons. The molecule has 0 aliphatic rings. The van der Waals surface area contributed by atoms with E-state index in [1.54, 1.807) is 11.3 Å².